The lowest BCUT2D eigenvalue weighted by Crippen LogP contribution is -2.50. The van der Waals surface area contributed by atoms with Gasteiger partial charge in [-0.05, 0) is 25.0 Å². The molecule has 0 radical (unpaired) electrons. The predicted octanol–water partition coefficient (Wildman–Crippen LogP) is 2.16. The van der Waals surface area contributed by atoms with Crippen molar-refractivity contribution in [3.05, 3.63) is 42.9 Å². The maximum absolute atomic E-state index is 6.11. The number of aromatic nitrogens is 2. The average molecular weight is 287 g/mol. The van der Waals surface area contributed by atoms with Crippen LogP contribution < -0.4 is 0 Å². The van der Waals surface area contributed by atoms with Crippen LogP contribution >= 0.6 is 0 Å². The summed E-state index contributed by atoms with van der Waals surface area (Å²) in [5.74, 6) is 1.64. The van der Waals surface area contributed by atoms with E-state index in [1.165, 1.54) is 12.8 Å². The molecule has 2 aromatic rings. The third-order valence-electron chi connectivity index (χ3n) is 4.78. The topological polar surface area (TPSA) is 43.4 Å². The summed E-state index contributed by atoms with van der Waals surface area (Å²) in [7, 11) is 0. The zero-order valence-corrected chi connectivity index (χ0v) is 12.1. The zero-order chi connectivity index (χ0) is 14.1. The Bertz CT molecular complexity index is 552. The minimum Gasteiger partial charge on any atom is -0.468 e. The molecule has 0 amide bonds. The van der Waals surface area contributed by atoms with Gasteiger partial charge in [0.05, 0.1) is 31.8 Å². The first kappa shape index (κ1) is 13.1. The van der Waals surface area contributed by atoms with E-state index in [0.29, 0.717) is 18.1 Å². The molecule has 0 N–H and O–H groups in total. The maximum atomic E-state index is 6.11. The highest BCUT2D eigenvalue weighted by atomic mass is 16.5. The van der Waals surface area contributed by atoms with Gasteiger partial charge >= 0.3 is 0 Å². The fraction of sp³-hybridized carbons (Fsp3) is 0.562. The van der Waals surface area contributed by atoms with E-state index in [-0.39, 0.29) is 0 Å². The molecule has 21 heavy (non-hydrogen) atoms. The average Bonchev–Trinajstić information content (AvgIpc) is 3.22. The summed E-state index contributed by atoms with van der Waals surface area (Å²) in [5.41, 5.74) is 0. The van der Waals surface area contributed by atoms with Crippen LogP contribution in [-0.2, 0) is 17.8 Å². The zero-order valence-electron chi connectivity index (χ0n) is 12.1. The molecule has 4 rings (SSSR count). The van der Waals surface area contributed by atoms with Crippen molar-refractivity contribution >= 4 is 0 Å². The molecule has 1 unspecified atom stereocenters. The van der Waals surface area contributed by atoms with Gasteiger partial charge in [-0.2, -0.15) is 0 Å². The van der Waals surface area contributed by atoms with Gasteiger partial charge in [-0.3, -0.25) is 4.90 Å². The van der Waals surface area contributed by atoms with Crippen LogP contribution in [0.4, 0.5) is 0 Å². The molecule has 1 saturated heterocycles. The van der Waals surface area contributed by atoms with E-state index in [1.807, 2.05) is 24.8 Å². The van der Waals surface area contributed by atoms with Gasteiger partial charge < -0.3 is 13.7 Å². The standard InChI is InChI=1S/C16H21N3O2/c1-2-14(20-8-1)11-19-7-9-21-16-13(3-4-15(16)19)10-18-6-5-17-12-18/h1-2,5-6,8,12-13,15-16H,3-4,7,9-11H2/t13?,15-,16-/m0/s1. The highest BCUT2D eigenvalue weighted by Crippen LogP contribution is 2.36. The Kier molecular flexibility index (Phi) is 3.53. The second-order valence-electron chi connectivity index (χ2n) is 6.05. The van der Waals surface area contributed by atoms with E-state index >= 15 is 0 Å². The van der Waals surface area contributed by atoms with Crippen LogP contribution in [0.2, 0.25) is 0 Å². The molecule has 0 aromatic carbocycles. The summed E-state index contributed by atoms with van der Waals surface area (Å²) in [6.45, 7) is 3.73. The van der Waals surface area contributed by atoms with Crippen molar-refractivity contribution in [2.45, 2.75) is 38.1 Å². The van der Waals surface area contributed by atoms with E-state index < -0.39 is 0 Å². The molecule has 0 spiro atoms. The monoisotopic (exact) mass is 287 g/mol. The quantitative estimate of drug-likeness (QED) is 0.864. The summed E-state index contributed by atoms with van der Waals surface area (Å²) in [5, 5.41) is 0. The Balaban J connectivity index is 1.44. The van der Waals surface area contributed by atoms with Crippen molar-refractivity contribution in [3.63, 3.8) is 0 Å². The minimum absolute atomic E-state index is 0.344. The highest BCUT2D eigenvalue weighted by molar-refractivity contribution is 5.01. The number of hydrogen-bond acceptors (Lipinski definition) is 4. The third-order valence-corrected chi connectivity index (χ3v) is 4.78. The van der Waals surface area contributed by atoms with Gasteiger partial charge in [0, 0.05) is 37.4 Å². The SMILES string of the molecule is c1coc(CN2CCO[C@H]3C(Cn4ccnc4)CC[C@@H]32)c1. The second kappa shape index (κ2) is 5.66. The van der Waals surface area contributed by atoms with E-state index in [1.54, 1.807) is 6.26 Å². The smallest absolute Gasteiger partial charge is 0.117 e. The number of morpholine rings is 1. The molecule has 2 aliphatic rings. The number of hydrogen-bond donors (Lipinski definition) is 0. The van der Waals surface area contributed by atoms with Gasteiger partial charge in [-0.1, -0.05) is 0 Å². The van der Waals surface area contributed by atoms with Gasteiger partial charge in [0.2, 0.25) is 0 Å². The van der Waals surface area contributed by atoms with Gasteiger partial charge in [0.1, 0.15) is 5.76 Å². The van der Waals surface area contributed by atoms with Gasteiger partial charge in [-0.15, -0.1) is 0 Å². The Labute approximate surface area is 124 Å². The van der Waals surface area contributed by atoms with Crippen molar-refractivity contribution < 1.29 is 9.15 Å². The van der Waals surface area contributed by atoms with E-state index in [2.05, 4.69) is 20.5 Å². The van der Waals surface area contributed by atoms with Crippen molar-refractivity contribution in [3.8, 4) is 0 Å². The Morgan fingerprint density at radius 1 is 1.33 bits per heavy atom. The van der Waals surface area contributed by atoms with Crippen molar-refractivity contribution in [2.75, 3.05) is 13.2 Å². The molecule has 3 heterocycles. The second-order valence-corrected chi connectivity index (χ2v) is 6.05. The number of nitrogens with zero attached hydrogens (tertiary/aromatic N) is 3. The van der Waals surface area contributed by atoms with Crippen LogP contribution in [0.25, 0.3) is 0 Å². The fourth-order valence-electron chi connectivity index (χ4n) is 3.80. The predicted molar refractivity (Wildman–Crippen MR) is 77.6 cm³/mol. The summed E-state index contributed by atoms with van der Waals surface area (Å²) in [4.78, 5) is 6.66. The van der Waals surface area contributed by atoms with Gasteiger partial charge in [-0.25, -0.2) is 4.98 Å². The van der Waals surface area contributed by atoms with Crippen LogP contribution in [-0.4, -0.2) is 39.7 Å². The van der Waals surface area contributed by atoms with Crippen molar-refractivity contribution in [1.29, 1.82) is 0 Å². The Morgan fingerprint density at radius 3 is 3.14 bits per heavy atom. The third kappa shape index (κ3) is 2.63. The summed E-state index contributed by atoms with van der Waals surface area (Å²) in [6.07, 6.45) is 10.3. The van der Waals surface area contributed by atoms with Crippen molar-refractivity contribution in [1.82, 2.24) is 14.5 Å². The molecule has 5 nitrogen and oxygen atoms in total. The molecule has 5 heteroatoms. The van der Waals surface area contributed by atoms with Crippen LogP contribution in [0.3, 0.4) is 0 Å². The molecule has 1 saturated carbocycles. The Morgan fingerprint density at radius 2 is 2.33 bits per heavy atom. The van der Waals surface area contributed by atoms with Gasteiger partial charge in [0.25, 0.3) is 0 Å². The van der Waals surface area contributed by atoms with E-state index in [0.717, 1.165) is 32.0 Å². The number of imidazole rings is 1. The molecule has 2 fully saturated rings. The van der Waals surface area contributed by atoms with Crippen LogP contribution in [0.5, 0.6) is 0 Å². The largest absolute Gasteiger partial charge is 0.468 e. The minimum atomic E-state index is 0.344. The normalized spacial score (nSPS) is 29.6. The number of furan rings is 1. The summed E-state index contributed by atoms with van der Waals surface area (Å²) < 4.78 is 13.8. The van der Waals surface area contributed by atoms with Gasteiger partial charge in [0.15, 0.2) is 0 Å². The lowest BCUT2D eigenvalue weighted by Gasteiger charge is -2.38. The van der Waals surface area contributed by atoms with E-state index in [9.17, 15) is 0 Å². The van der Waals surface area contributed by atoms with Crippen LogP contribution in [0, 0.1) is 5.92 Å². The number of ether oxygens (including phenoxy) is 1. The molecular weight excluding hydrogens is 266 g/mol. The van der Waals surface area contributed by atoms with Crippen LogP contribution in [0.1, 0.15) is 18.6 Å². The van der Waals surface area contributed by atoms with Crippen molar-refractivity contribution in [2.24, 2.45) is 5.92 Å². The first-order valence-corrected chi connectivity index (χ1v) is 7.74. The molecule has 2 aromatic heterocycles. The molecule has 3 atom stereocenters. The first-order chi connectivity index (χ1) is 10.4. The highest BCUT2D eigenvalue weighted by Gasteiger charge is 2.42. The molecular formula is C16H21N3O2. The molecule has 112 valence electrons. The Hall–Kier alpha value is -1.59. The number of fused-ring (bicyclic) bond motifs is 1. The molecule has 1 aliphatic heterocycles. The van der Waals surface area contributed by atoms with E-state index in [4.69, 9.17) is 9.15 Å². The lowest BCUT2D eigenvalue weighted by atomic mass is 10.0. The summed E-state index contributed by atoms with van der Waals surface area (Å²) in [6, 6.07) is 4.55. The number of rotatable bonds is 4. The van der Waals surface area contributed by atoms with Crippen LogP contribution in [0.15, 0.2) is 41.5 Å². The first-order valence-electron chi connectivity index (χ1n) is 7.74. The fourth-order valence-corrected chi connectivity index (χ4v) is 3.80. The lowest BCUT2D eigenvalue weighted by molar-refractivity contribution is -0.0801. The maximum Gasteiger partial charge on any atom is 0.117 e. The molecule has 0 bridgehead atoms. The summed E-state index contributed by atoms with van der Waals surface area (Å²) >= 11 is 0. The molecule has 1 aliphatic carbocycles.